The van der Waals surface area contributed by atoms with E-state index in [0.29, 0.717) is 5.56 Å². The highest BCUT2D eigenvalue weighted by molar-refractivity contribution is 5.96. The van der Waals surface area contributed by atoms with E-state index < -0.39 is 30.2 Å². The number of aromatic amines is 1. The molecule has 0 fully saturated rings. The van der Waals surface area contributed by atoms with Crippen molar-refractivity contribution in [3.63, 3.8) is 0 Å². The first-order valence-corrected chi connectivity index (χ1v) is 8.68. The Labute approximate surface area is 173 Å². The van der Waals surface area contributed by atoms with E-state index >= 15 is 0 Å². The lowest BCUT2D eigenvalue weighted by Gasteiger charge is -2.13. The summed E-state index contributed by atoms with van der Waals surface area (Å²) in [4.78, 5) is 23.5. The predicted molar refractivity (Wildman–Crippen MR) is 102 cm³/mol. The van der Waals surface area contributed by atoms with Crippen LogP contribution < -0.4 is 20.5 Å². The first-order chi connectivity index (χ1) is 14.7. The number of H-pyrrole nitrogens is 1. The monoisotopic (exact) mass is 435 g/mol. The van der Waals surface area contributed by atoms with Crippen molar-refractivity contribution in [2.45, 2.75) is 6.18 Å². The maximum absolute atomic E-state index is 12.8. The molecule has 12 heteroatoms. The van der Waals surface area contributed by atoms with Gasteiger partial charge in [-0.15, -0.1) is 0 Å². The number of nitrogens with zero attached hydrogens (tertiary/aromatic N) is 2. The quantitative estimate of drug-likeness (QED) is 0.523. The Kier molecular flexibility index (Phi) is 6.09. The fourth-order valence-corrected chi connectivity index (χ4v) is 2.65. The van der Waals surface area contributed by atoms with Crippen molar-refractivity contribution >= 4 is 17.5 Å². The maximum atomic E-state index is 12.8. The molecule has 0 radical (unpaired) electrons. The highest BCUT2D eigenvalue weighted by atomic mass is 19.4. The standard InChI is InChI=1S/C19H16F3N5O4/c1-30-14-7-10(16-17(18(23)29)26-27-25-16)5-6-13(14)31-9-15(28)24-12-4-2-3-11(8-12)19(20,21)22/h2-8H,9H2,1H3,(H2,23,29)(H,24,28)(H,25,26,27). The van der Waals surface area contributed by atoms with Crippen LogP contribution in [-0.4, -0.2) is 40.9 Å². The Bertz CT molecular complexity index is 1110. The molecule has 31 heavy (non-hydrogen) atoms. The number of carbonyl (C=O) groups excluding carboxylic acids is 2. The molecule has 1 aromatic heterocycles. The number of nitrogens with one attached hydrogen (secondary N) is 2. The highest BCUT2D eigenvalue weighted by Gasteiger charge is 2.30. The predicted octanol–water partition coefficient (Wildman–Crippen LogP) is 2.62. The van der Waals surface area contributed by atoms with Crippen LogP contribution in [0.2, 0.25) is 0 Å². The zero-order chi connectivity index (χ0) is 22.6. The Morgan fingerprint density at radius 1 is 1.13 bits per heavy atom. The number of methoxy groups -OCH3 is 1. The van der Waals surface area contributed by atoms with E-state index in [9.17, 15) is 22.8 Å². The first-order valence-electron chi connectivity index (χ1n) is 8.68. The van der Waals surface area contributed by atoms with Crippen LogP contribution in [0.15, 0.2) is 42.5 Å². The molecule has 9 nitrogen and oxygen atoms in total. The van der Waals surface area contributed by atoms with Crippen molar-refractivity contribution in [3.8, 4) is 22.8 Å². The van der Waals surface area contributed by atoms with Gasteiger partial charge in [-0.3, -0.25) is 9.59 Å². The van der Waals surface area contributed by atoms with Gasteiger partial charge in [0.2, 0.25) is 0 Å². The fraction of sp³-hybridized carbons (Fsp3) is 0.158. The zero-order valence-electron chi connectivity index (χ0n) is 16.0. The molecule has 0 aliphatic carbocycles. The van der Waals surface area contributed by atoms with E-state index in [1.807, 2.05) is 0 Å². The molecule has 4 N–H and O–H groups in total. The van der Waals surface area contributed by atoms with Crippen molar-refractivity contribution in [2.75, 3.05) is 19.0 Å². The van der Waals surface area contributed by atoms with Crippen LogP contribution in [0.5, 0.6) is 11.5 Å². The summed E-state index contributed by atoms with van der Waals surface area (Å²) in [5, 5.41) is 12.2. The minimum absolute atomic E-state index is 0.0178. The molecule has 0 bridgehead atoms. The van der Waals surface area contributed by atoms with Crippen LogP contribution in [0.25, 0.3) is 11.3 Å². The Balaban J connectivity index is 1.70. The smallest absolute Gasteiger partial charge is 0.416 e. The molecule has 0 saturated carbocycles. The van der Waals surface area contributed by atoms with Crippen molar-refractivity contribution in [1.82, 2.24) is 15.4 Å². The summed E-state index contributed by atoms with van der Waals surface area (Å²) in [5.41, 5.74) is 4.96. The molecule has 1 heterocycles. The summed E-state index contributed by atoms with van der Waals surface area (Å²) in [6, 6.07) is 8.77. The SMILES string of the molecule is COc1cc(-c2n[nH]nc2C(N)=O)ccc1OCC(=O)Nc1cccc(C(F)(F)F)c1. The Morgan fingerprint density at radius 3 is 2.58 bits per heavy atom. The minimum atomic E-state index is -4.52. The molecule has 0 atom stereocenters. The average molecular weight is 435 g/mol. The second-order valence-corrected chi connectivity index (χ2v) is 6.17. The van der Waals surface area contributed by atoms with E-state index in [1.165, 1.54) is 31.4 Å². The summed E-state index contributed by atoms with van der Waals surface area (Å²) in [6.07, 6.45) is -4.52. The van der Waals surface area contributed by atoms with Gasteiger partial charge in [-0.25, -0.2) is 0 Å². The van der Waals surface area contributed by atoms with Crippen molar-refractivity contribution < 1.29 is 32.2 Å². The number of carbonyl (C=O) groups is 2. The number of benzene rings is 2. The molecule has 0 aliphatic rings. The summed E-state index contributed by atoms with van der Waals surface area (Å²) in [7, 11) is 1.37. The molecule has 0 spiro atoms. The molecule has 3 aromatic rings. The van der Waals surface area contributed by atoms with Crippen LogP contribution >= 0.6 is 0 Å². The molecule has 2 amide bonds. The largest absolute Gasteiger partial charge is 0.493 e. The van der Waals surface area contributed by atoms with Gasteiger partial charge in [-0.1, -0.05) is 6.07 Å². The Morgan fingerprint density at radius 2 is 1.90 bits per heavy atom. The van der Waals surface area contributed by atoms with Gasteiger partial charge in [0.15, 0.2) is 23.8 Å². The number of hydrogen-bond donors (Lipinski definition) is 3. The number of anilines is 1. The topological polar surface area (TPSA) is 132 Å². The van der Waals surface area contributed by atoms with Gasteiger partial charge >= 0.3 is 6.18 Å². The lowest BCUT2D eigenvalue weighted by atomic mass is 10.1. The summed E-state index contributed by atoms with van der Waals surface area (Å²) in [6.45, 7) is -0.484. The number of aromatic nitrogens is 3. The summed E-state index contributed by atoms with van der Waals surface area (Å²) < 4.78 is 49.0. The van der Waals surface area contributed by atoms with Crippen LogP contribution in [0, 0.1) is 0 Å². The van der Waals surface area contributed by atoms with Gasteiger partial charge in [-0.2, -0.15) is 28.6 Å². The van der Waals surface area contributed by atoms with E-state index in [4.69, 9.17) is 15.2 Å². The molecular weight excluding hydrogens is 419 g/mol. The van der Waals surface area contributed by atoms with Gasteiger partial charge in [0.1, 0.15) is 5.69 Å². The van der Waals surface area contributed by atoms with Gasteiger partial charge < -0.3 is 20.5 Å². The molecule has 0 unspecified atom stereocenters. The lowest BCUT2D eigenvalue weighted by Crippen LogP contribution is -2.20. The third-order valence-electron chi connectivity index (χ3n) is 4.05. The number of primary amides is 1. The number of halogens is 3. The first kappa shape index (κ1) is 21.6. The van der Waals surface area contributed by atoms with E-state index in [0.717, 1.165) is 12.1 Å². The van der Waals surface area contributed by atoms with Gasteiger partial charge in [0.25, 0.3) is 11.8 Å². The van der Waals surface area contributed by atoms with Gasteiger partial charge in [0, 0.05) is 11.3 Å². The Hall–Kier alpha value is -4.09. The summed E-state index contributed by atoms with van der Waals surface area (Å²) in [5.74, 6) is -1.02. The maximum Gasteiger partial charge on any atom is 0.416 e. The number of alkyl halides is 3. The van der Waals surface area contributed by atoms with Crippen LogP contribution in [-0.2, 0) is 11.0 Å². The van der Waals surface area contributed by atoms with Crippen molar-refractivity contribution in [3.05, 3.63) is 53.7 Å². The van der Waals surface area contributed by atoms with Crippen molar-refractivity contribution in [1.29, 1.82) is 0 Å². The number of amides is 2. The molecule has 2 aromatic carbocycles. The fourth-order valence-electron chi connectivity index (χ4n) is 2.65. The normalized spacial score (nSPS) is 11.1. The highest BCUT2D eigenvalue weighted by Crippen LogP contribution is 2.33. The van der Waals surface area contributed by atoms with Crippen molar-refractivity contribution in [2.24, 2.45) is 5.73 Å². The molecular formula is C19H16F3N5O4. The minimum Gasteiger partial charge on any atom is -0.493 e. The number of ether oxygens (including phenoxy) is 2. The molecule has 0 saturated heterocycles. The molecule has 0 aliphatic heterocycles. The van der Waals surface area contributed by atoms with E-state index in [2.05, 4.69) is 20.7 Å². The number of hydrogen-bond acceptors (Lipinski definition) is 6. The van der Waals surface area contributed by atoms with Crippen LogP contribution in [0.1, 0.15) is 16.1 Å². The van der Waals surface area contributed by atoms with E-state index in [1.54, 1.807) is 6.07 Å². The molecule has 162 valence electrons. The number of nitrogens with two attached hydrogens (primary N) is 1. The number of rotatable bonds is 7. The van der Waals surface area contributed by atoms with Gasteiger partial charge in [-0.05, 0) is 36.4 Å². The van der Waals surface area contributed by atoms with Crippen LogP contribution in [0.4, 0.5) is 18.9 Å². The third-order valence-corrected chi connectivity index (χ3v) is 4.05. The summed E-state index contributed by atoms with van der Waals surface area (Å²) >= 11 is 0. The third kappa shape index (κ3) is 5.10. The second kappa shape index (κ2) is 8.73. The second-order valence-electron chi connectivity index (χ2n) is 6.17. The van der Waals surface area contributed by atoms with Crippen LogP contribution in [0.3, 0.4) is 0 Å². The lowest BCUT2D eigenvalue weighted by molar-refractivity contribution is -0.137. The van der Waals surface area contributed by atoms with E-state index in [-0.39, 0.29) is 28.6 Å². The molecule has 3 rings (SSSR count). The zero-order valence-corrected chi connectivity index (χ0v) is 16.0. The average Bonchev–Trinajstić information content (AvgIpc) is 3.22. The van der Waals surface area contributed by atoms with Gasteiger partial charge in [0.05, 0.1) is 12.7 Å².